The summed E-state index contributed by atoms with van der Waals surface area (Å²) in [5.74, 6) is 0.486. The molecule has 168 valence electrons. The van der Waals surface area contributed by atoms with Gasteiger partial charge < -0.3 is 9.64 Å². The number of aromatic nitrogens is 2. The van der Waals surface area contributed by atoms with E-state index in [1.807, 2.05) is 4.90 Å². The van der Waals surface area contributed by atoms with E-state index in [0.29, 0.717) is 23.5 Å². The molecule has 1 aliphatic carbocycles. The fourth-order valence-corrected chi connectivity index (χ4v) is 7.36. The van der Waals surface area contributed by atoms with Crippen LogP contribution >= 0.6 is 23.1 Å². The number of amides is 1. The van der Waals surface area contributed by atoms with Crippen LogP contribution in [0.5, 0.6) is 0 Å². The maximum atomic E-state index is 13.6. The molecule has 5 rings (SSSR count). The average Bonchev–Trinajstić information content (AvgIpc) is 3.42. The van der Waals surface area contributed by atoms with Crippen molar-refractivity contribution in [1.82, 2.24) is 14.5 Å². The molecular formula is C23H31N3O3S2. The molecule has 2 aliphatic heterocycles. The van der Waals surface area contributed by atoms with Crippen LogP contribution in [0.2, 0.25) is 0 Å². The summed E-state index contributed by atoms with van der Waals surface area (Å²) in [6, 6.07) is 0.301. The van der Waals surface area contributed by atoms with E-state index in [2.05, 4.69) is 6.92 Å². The lowest BCUT2D eigenvalue weighted by Gasteiger charge is -2.33. The average molecular weight is 462 g/mol. The van der Waals surface area contributed by atoms with Crippen LogP contribution in [0.15, 0.2) is 9.95 Å². The standard InChI is InChI=1S/C23H31N3O3S2/c1-15-7-4-5-11-25(15)19(27)14-30-23-24-21-20(17-9-2-3-10-18(17)31-21)22(28)26(23)13-16-8-6-12-29-16/h15-16H,2-14H2,1H3. The summed E-state index contributed by atoms with van der Waals surface area (Å²) in [7, 11) is 0. The molecule has 8 heteroatoms. The molecule has 0 radical (unpaired) electrons. The molecule has 3 aliphatic rings. The van der Waals surface area contributed by atoms with Gasteiger partial charge in [-0.25, -0.2) is 4.98 Å². The molecule has 0 bridgehead atoms. The van der Waals surface area contributed by atoms with Crippen molar-refractivity contribution in [2.45, 2.75) is 88.6 Å². The number of thiophene rings is 1. The molecule has 6 nitrogen and oxygen atoms in total. The zero-order valence-corrected chi connectivity index (χ0v) is 19.9. The third kappa shape index (κ3) is 4.31. The number of fused-ring (bicyclic) bond motifs is 3. The van der Waals surface area contributed by atoms with Crippen molar-refractivity contribution in [1.29, 1.82) is 0 Å². The number of carbonyl (C=O) groups is 1. The number of hydrogen-bond donors (Lipinski definition) is 0. The summed E-state index contributed by atoms with van der Waals surface area (Å²) in [5, 5.41) is 1.49. The Kier molecular flexibility index (Phi) is 6.40. The van der Waals surface area contributed by atoms with E-state index >= 15 is 0 Å². The first-order chi connectivity index (χ1) is 15.1. The van der Waals surface area contributed by atoms with Gasteiger partial charge in [-0.2, -0.15) is 0 Å². The number of rotatable bonds is 5. The van der Waals surface area contributed by atoms with Gasteiger partial charge in [0, 0.05) is 24.1 Å². The highest BCUT2D eigenvalue weighted by molar-refractivity contribution is 7.99. The first-order valence-corrected chi connectivity index (χ1v) is 13.5. The van der Waals surface area contributed by atoms with Crippen LogP contribution < -0.4 is 5.56 Å². The van der Waals surface area contributed by atoms with Crippen molar-refractivity contribution in [3.63, 3.8) is 0 Å². The third-order valence-corrected chi connectivity index (χ3v) is 9.04. The second-order valence-electron chi connectivity index (χ2n) is 9.06. The molecule has 1 amide bonds. The second kappa shape index (κ2) is 9.24. The second-order valence-corrected chi connectivity index (χ2v) is 11.1. The van der Waals surface area contributed by atoms with E-state index in [4.69, 9.17) is 9.72 Å². The monoisotopic (exact) mass is 461 g/mol. The van der Waals surface area contributed by atoms with Crippen LogP contribution in [-0.2, 0) is 28.9 Å². The molecular weight excluding hydrogens is 430 g/mol. The summed E-state index contributed by atoms with van der Waals surface area (Å²) in [6.45, 7) is 4.27. The van der Waals surface area contributed by atoms with Crippen LogP contribution in [0.3, 0.4) is 0 Å². The van der Waals surface area contributed by atoms with E-state index in [-0.39, 0.29) is 17.6 Å². The lowest BCUT2D eigenvalue weighted by atomic mass is 9.97. The largest absolute Gasteiger partial charge is 0.376 e. The minimum atomic E-state index is 0.0567. The Bertz CT molecular complexity index is 1030. The number of ether oxygens (including phenoxy) is 1. The highest BCUT2D eigenvalue weighted by Crippen LogP contribution is 2.35. The molecule has 0 N–H and O–H groups in total. The number of likely N-dealkylation sites (tertiary alicyclic amines) is 1. The normalized spacial score (nSPS) is 24.0. The highest BCUT2D eigenvalue weighted by atomic mass is 32.2. The number of carbonyl (C=O) groups excluding carboxylic acids is 1. The summed E-state index contributed by atoms with van der Waals surface area (Å²) in [4.78, 5) is 35.7. The van der Waals surface area contributed by atoms with Crippen molar-refractivity contribution in [2.75, 3.05) is 18.9 Å². The molecule has 2 atom stereocenters. The van der Waals surface area contributed by atoms with E-state index in [0.717, 1.165) is 68.3 Å². The number of thioether (sulfide) groups is 1. The minimum absolute atomic E-state index is 0.0567. The van der Waals surface area contributed by atoms with E-state index < -0.39 is 0 Å². The van der Waals surface area contributed by atoms with Crippen LogP contribution in [0.4, 0.5) is 0 Å². The Morgan fingerprint density at radius 3 is 2.87 bits per heavy atom. The van der Waals surface area contributed by atoms with Gasteiger partial charge in [0.05, 0.1) is 23.8 Å². The van der Waals surface area contributed by atoms with Crippen molar-refractivity contribution in [3.05, 3.63) is 20.8 Å². The van der Waals surface area contributed by atoms with Gasteiger partial charge in [0.25, 0.3) is 5.56 Å². The highest BCUT2D eigenvalue weighted by Gasteiger charge is 2.27. The SMILES string of the molecule is CC1CCCCN1C(=O)CSc1nc2sc3c(c2c(=O)n1CC1CCCO1)CCCC3. The van der Waals surface area contributed by atoms with Crippen molar-refractivity contribution in [3.8, 4) is 0 Å². The van der Waals surface area contributed by atoms with Crippen LogP contribution in [0.25, 0.3) is 10.2 Å². The van der Waals surface area contributed by atoms with E-state index in [1.54, 1.807) is 15.9 Å². The summed E-state index contributed by atoms with van der Waals surface area (Å²) >= 11 is 3.10. The predicted octanol–water partition coefficient (Wildman–Crippen LogP) is 4.01. The van der Waals surface area contributed by atoms with Crippen LogP contribution in [0.1, 0.15) is 62.3 Å². The van der Waals surface area contributed by atoms with Gasteiger partial charge in [0.1, 0.15) is 4.83 Å². The molecule has 2 fully saturated rings. The van der Waals surface area contributed by atoms with Gasteiger partial charge in [-0.3, -0.25) is 14.2 Å². The lowest BCUT2D eigenvalue weighted by Crippen LogP contribution is -2.43. The Hall–Kier alpha value is -1.38. The summed E-state index contributed by atoms with van der Waals surface area (Å²) < 4.78 is 7.64. The zero-order valence-electron chi connectivity index (χ0n) is 18.2. The molecule has 0 aromatic carbocycles. The molecule has 2 aromatic heterocycles. The summed E-state index contributed by atoms with van der Waals surface area (Å²) in [5.41, 5.74) is 1.28. The number of piperidine rings is 1. The van der Waals surface area contributed by atoms with Crippen molar-refractivity contribution < 1.29 is 9.53 Å². The van der Waals surface area contributed by atoms with Crippen molar-refractivity contribution in [2.24, 2.45) is 0 Å². The first-order valence-electron chi connectivity index (χ1n) is 11.7. The predicted molar refractivity (Wildman–Crippen MR) is 125 cm³/mol. The van der Waals surface area contributed by atoms with Crippen LogP contribution in [-0.4, -0.2) is 51.4 Å². The van der Waals surface area contributed by atoms with E-state index in [9.17, 15) is 9.59 Å². The Morgan fingerprint density at radius 2 is 2.06 bits per heavy atom. The lowest BCUT2D eigenvalue weighted by molar-refractivity contribution is -0.131. The number of hydrogen-bond acceptors (Lipinski definition) is 6. The topological polar surface area (TPSA) is 64.4 Å². The smallest absolute Gasteiger partial charge is 0.263 e. The maximum Gasteiger partial charge on any atom is 0.263 e. The fraction of sp³-hybridized carbons (Fsp3) is 0.696. The van der Waals surface area contributed by atoms with Gasteiger partial charge in [0.15, 0.2) is 5.16 Å². The van der Waals surface area contributed by atoms with Gasteiger partial charge in [-0.15, -0.1) is 11.3 Å². The van der Waals surface area contributed by atoms with Gasteiger partial charge in [-0.1, -0.05) is 11.8 Å². The molecule has 4 heterocycles. The molecule has 0 saturated carbocycles. The Balaban J connectivity index is 1.46. The molecule has 2 aromatic rings. The molecule has 31 heavy (non-hydrogen) atoms. The molecule has 0 spiro atoms. The first kappa shape index (κ1) is 21.5. The maximum absolute atomic E-state index is 13.6. The number of aryl methyl sites for hydroxylation is 2. The fourth-order valence-electron chi connectivity index (χ4n) is 5.16. The number of nitrogens with zero attached hydrogens (tertiary/aromatic N) is 3. The Morgan fingerprint density at radius 1 is 1.19 bits per heavy atom. The summed E-state index contributed by atoms with van der Waals surface area (Å²) in [6.07, 6.45) is 9.78. The quantitative estimate of drug-likeness (QED) is 0.497. The third-order valence-electron chi connectivity index (χ3n) is 6.90. The van der Waals surface area contributed by atoms with Gasteiger partial charge >= 0.3 is 0 Å². The molecule has 2 unspecified atom stereocenters. The van der Waals surface area contributed by atoms with Crippen molar-refractivity contribution >= 4 is 39.2 Å². The van der Waals surface area contributed by atoms with Crippen LogP contribution in [0, 0.1) is 0 Å². The molecule has 2 saturated heterocycles. The zero-order chi connectivity index (χ0) is 21.4. The van der Waals surface area contributed by atoms with Gasteiger partial charge in [0.2, 0.25) is 5.91 Å². The Labute approximate surface area is 191 Å². The minimum Gasteiger partial charge on any atom is -0.376 e. The van der Waals surface area contributed by atoms with E-state index in [1.165, 1.54) is 35.0 Å². The van der Waals surface area contributed by atoms with Gasteiger partial charge in [-0.05, 0) is 70.3 Å².